The number of halogens is 1. The third-order valence-electron chi connectivity index (χ3n) is 4.20. The van der Waals surface area contributed by atoms with Gasteiger partial charge in [0.2, 0.25) is 0 Å². The third-order valence-corrected chi connectivity index (χ3v) is 6.16. The van der Waals surface area contributed by atoms with Crippen LogP contribution in [0.2, 0.25) is 0 Å². The van der Waals surface area contributed by atoms with E-state index in [9.17, 15) is 8.42 Å². The Balaban J connectivity index is 0.00000320. The predicted molar refractivity (Wildman–Crippen MR) is 134 cm³/mol. The number of nitrogens with zero attached hydrogens (tertiary/aromatic N) is 1. The van der Waals surface area contributed by atoms with E-state index in [1.54, 1.807) is 11.3 Å². The standard InChI is InChI=1S/C20H27N3O4S2.HI/c1-29(24,25)14-3-9-21-20(22-10-8-17-5-2-13-28-17)23-16-6-7-18-19(15-16)27-12-4-11-26-18;/h2,5-7,13,15H,3-4,8-12,14H2,1H3,(H2,21,22,23);1H. The first kappa shape index (κ1) is 24.7. The molecular weight excluding hydrogens is 537 g/mol. The lowest BCUT2D eigenvalue weighted by molar-refractivity contribution is 0.297. The average Bonchev–Trinajstić information content (AvgIpc) is 3.08. The van der Waals surface area contributed by atoms with Crippen molar-refractivity contribution in [3.8, 4) is 11.5 Å². The zero-order chi connectivity index (χ0) is 20.5. The fourth-order valence-electron chi connectivity index (χ4n) is 2.79. The summed E-state index contributed by atoms with van der Waals surface area (Å²) in [6.45, 7) is 2.42. The topological polar surface area (TPSA) is 89.0 Å². The largest absolute Gasteiger partial charge is 0.490 e. The van der Waals surface area contributed by atoms with Crippen molar-refractivity contribution < 1.29 is 17.9 Å². The van der Waals surface area contributed by atoms with Gasteiger partial charge in [-0.15, -0.1) is 35.3 Å². The van der Waals surface area contributed by atoms with E-state index < -0.39 is 9.84 Å². The van der Waals surface area contributed by atoms with Gasteiger partial charge in [0, 0.05) is 42.4 Å². The van der Waals surface area contributed by atoms with E-state index in [1.165, 1.54) is 11.1 Å². The molecule has 2 heterocycles. The third kappa shape index (κ3) is 8.68. The van der Waals surface area contributed by atoms with Crippen molar-refractivity contribution in [2.24, 2.45) is 4.99 Å². The summed E-state index contributed by atoms with van der Waals surface area (Å²) < 4.78 is 34.1. The van der Waals surface area contributed by atoms with E-state index in [4.69, 9.17) is 9.47 Å². The van der Waals surface area contributed by atoms with E-state index in [0.717, 1.165) is 30.8 Å². The number of ether oxygens (including phenoxy) is 2. The minimum atomic E-state index is -2.98. The van der Waals surface area contributed by atoms with Gasteiger partial charge in [-0.2, -0.15) is 0 Å². The number of hydrogen-bond acceptors (Lipinski definition) is 6. The van der Waals surface area contributed by atoms with Crippen LogP contribution >= 0.6 is 35.3 Å². The molecule has 0 bridgehead atoms. The smallest absolute Gasteiger partial charge is 0.195 e. The Bertz CT molecular complexity index is 918. The summed E-state index contributed by atoms with van der Waals surface area (Å²) in [6.07, 6.45) is 3.47. The van der Waals surface area contributed by atoms with Gasteiger partial charge in [0.05, 0.1) is 19.0 Å². The van der Waals surface area contributed by atoms with Crippen LogP contribution in [0.1, 0.15) is 17.7 Å². The summed E-state index contributed by atoms with van der Waals surface area (Å²) >= 11 is 1.72. The van der Waals surface area contributed by atoms with Crippen LogP contribution in [0.5, 0.6) is 11.5 Å². The van der Waals surface area contributed by atoms with E-state index >= 15 is 0 Å². The molecule has 1 aliphatic heterocycles. The predicted octanol–water partition coefficient (Wildman–Crippen LogP) is 3.56. The summed E-state index contributed by atoms with van der Waals surface area (Å²) in [4.78, 5) is 5.83. The second-order valence-electron chi connectivity index (χ2n) is 6.81. The molecule has 0 aliphatic carbocycles. The maximum atomic E-state index is 11.3. The maximum absolute atomic E-state index is 11.3. The van der Waals surface area contributed by atoms with Crippen LogP contribution in [0.15, 0.2) is 40.7 Å². The van der Waals surface area contributed by atoms with Crippen molar-refractivity contribution >= 4 is 56.8 Å². The molecule has 0 radical (unpaired) electrons. The number of fused-ring (bicyclic) bond motifs is 1. The van der Waals surface area contributed by atoms with Crippen LogP contribution in [-0.4, -0.2) is 52.7 Å². The monoisotopic (exact) mass is 565 g/mol. The highest BCUT2D eigenvalue weighted by Crippen LogP contribution is 2.32. The molecule has 0 saturated heterocycles. The average molecular weight is 565 g/mol. The van der Waals surface area contributed by atoms with Gasteiger partial charge in [0.1, 0.15) is 9.84 Å². The molecule has 2 N–H and O–H groups in total. The van der Waals surface area contributed by atoms with Gasteiger partial charge < -0.3 is 20.1 Å². The number of sulfone groups is 1. The molecule has 0 atom stereocenters. The highest BCUT2D eigenvalue weighted by atomic mass is 127. The molecule has 7 nitrogen and oxygen atoms in total. The summed E-state index contributed by atoms with van der Waals surface area (Å²) in [5.74, 6) is 2.20. The molecule has 1 aliphatic rings. The quantitative estimate of drug-likeness (QED) is 0.220. The zero-order valence-corrected chi connectivity index (χ0v) is 20.9. The lowest BCUT2D eigenvalue weighted by Crippen LogP contribution is -2.32. The molecule has 3 rings (SSSR count). The van der Waals surface area contributed by atoms with Gasteiger partial charge in [0.25, 0.3) is 0 Å². The molecule has 0 fully saturated rings. The Morgan fingerprint density at radius 1 is 1.20 bits per heavy atom. The van der Waals surface area contributed by atoms with Crippen molar-refractivity contribution in [1.82, 2.24) is 5.32 Å². The zero-order valence-electron chi connectivity index (χ0n) is 16.9. The van der Waals surface area contributed by atoms with E-state index in [0.29, 0.717) is 37.9 Å². The van der Waals surface area contributed by atoms with Gasteiger partial charge in [-0.1, -0.05) is 6.07 Å². The van der Waals surface area contributed by atoms with Gasteiger partial charge in [-0.3, -0.25) is 4.99 Å². The molecule has 0 unspecified atom stereocenters. The second kappa shape index (κ2) is 12.4. The van der Waals surface area contributed by atoms with Crippen LogP contribution in [0, 0.1) is 0 Å². The maximum Gasteiger partial charge on any atom is 0.195 e. The fraction of sp³-hybridized carbons (Fsp3) is 0.450. The van der Waals surface area contributed by atoms with Crippen molar-refractivity contribution in [2.75, 3.05) is 43.6 Å². The fourth-order valence-corrected chi connectivity index (χ4v) is 4.16. The summed E-state index contributed by atoms with van der Waals surface area (Å²) in [5.41, 5.74) is 0.833. The molecule has 0 spiro atoms. The Kier molecular flexibility index (Phi) is 10.2. The molecular formula is C20H28IN3O4S2. The van der Waals surface area contributed by atoms with Crippen LogP contribution < -0.4 is 20.1 Å². The molecule has 0 saturated carbocycles. The lowest BCUT2D eigenvalue weighted by Gasteiger charge is -2.14. The second-order valence-corrected chi connectivity index (χ2v) is 10.1. The van der Waals surface area contributed by atoms with E-state index in [2.05, 4.69) is 27.1 Å². The Hall–Kier alpha value is -1.53. The number of hydrogen-bond donors (Lipinski definition) is 2. The molecule has 1 aromatic heterocycles. The normalized spacial score (nSPS) is 13.8. The number of benzene rings is 1. The van der Waals surface area contributed by atoms with Crippen molar-refractivity contribution in [3.05, 3.63) is 40.6 Å². The van der Waals surface area contributed by atoms with Crippen LogP contribution in [0.4, 0.5) is 5.69 Å². The Morgan fingerprint density at radius 2 is 2.00 bits per heavy atom. The van der Waals surface area contributed by atoms with Gasteiger partial charge in [-0.25, -0.2) is 8.42 Å². The van der Waals surface area contributed by atoms with Gasteiger partial charge >= 0.3 is 0 Å². The molecule has 10 heteroatoms. The molecule has 30 heavy (non-hydrogen) atoms. The molecule has 166 valence electrons. The first-order valence-corrected chi connectivity index (χ1v) is 12.6. The van der Waals surface area contributed by atoms with Crippen molar-refractivity contribution in [3.63, 3.8) is 0 Å². The van der Waals surface area contributed by atoms with Gasteiger partial charge in [0.15, 0.2) is 17.5 Å². The SMILES string of the molecule is CS(=O)(=O)CCCN=C(NCCc1cccs1)Nc1ccc2c(c1)OCCCO2.I. The van der Waals surface area contributed by atoms with Gasteiger partial charge in [-0.05, 0) is 36.4 Å². The molecule has 1 aromatic carbocycles. The number of rotatable bonds is 8. The van der Waals surface area contributed by atoms with Crippen LogP contribution in [-0.2, 0) is 16.3 Å². The summed E-state index contributed by atoms with van der Waals surface area (Å²) in [6, 6.07) is 9.84. The lowest BCUT2D eigenvalue weighted by atomic mass is 10.2. The van der Waals surface area contributed by atoms with E-state index in [-0.39, 0.29) is 29.7 Å². The molecule has 2 aromatic rings. The minimum Gasteiger partial charge on any atom is -0.490 e. The molecule has 0 amide bonds. The number of guanidine groups is 1. The summed E-state index contributed by atoms with van der Waals surface area (Å²) in [5, 5.41) is 8.67. The van der Waals surface area contributed by atoms with Crippen molar-refractivity contribution in [2.45, 2.75) is 19.3 Å². The van der Waals surface area contributed by atoms with E-state index in [1.807, 2.05) is 24.3 Å². The number of aliphatic imine (C=N–C) groups is 1. The van der Waals surface area contributed by atoms with Crippen LogP contribution in [0.3, 0.4) is 0 Å². The number of anilines is 1. The number of thiophene rings is 1. The highest BCUT2D eigenvalue weighted by Gasteiger charge is 2.11. The highest BCUT2D eigenvalue weighted by molar-refractivity contribution is 14.0. The first-order valence-electron chi connectivity index (χ1n) is 9.65. The minimum absolute atomic E-state index is 0. The van der Waals surface area contributed by atoms with Crippen LogP contribution in [0.25, 0.3) is 0 Å². The first-order chi connectivity index (χ1) is 14.0. The number of nitrogens with one attached hydrogen (secondary N) is 2. The Labute approximate surface area is 199 Å². The Morgan fingerprint density at radius 3 is 2.73 bits per heavy atom. The summed E-state index contributed by atoms with van der Waals surface area (Å²) in [7, 11) is -2.98. The van der Waals surface area contributed by atoms with Crippen molar-refractivity contribution in [1.29, 1.82) is 0 Å².